The number of hydrogen-bond donors (Lipinski definition) is 0. The maximum absolute atomic E-state index is 12.4. The summed E-state index contributed by atoms with van der Waals surface area (Å²) in [7, 11) is -2.21. The highest BCUT2D eigenvalue weighted by Crippen LogP contribution is 2.28. The second-order valence-electron chi connectivity index (χ2n) is 6.71. The number of ether oxygens (including phenoxy) is 2. The Morgan fingerprint density at radius 1 is 0.862 bits per heavy atom. The summed E-state index contributed by atoms with van der Waals surface area (Å²) in [5.74, 6) is 1.08. The number of aryl methyl sites for hydroxylation is 2. The highest BCUT2D eigenvalue weighted by atomic mass is 32.2. The molecule has 0 atom stereocenters. The van der Waals surface area contributed by atoms with Gasteiger partial charge in [-0.25, -0.2) is 0 Å². The summed E-state index contributed by atoms with van der Waals surface area (Å²) in [6.45, 7) is 4.30. The van der Waals surface area contributed by atoms with Crippen molar-refractivity contribution < 1.29 is 17.9 Å². The van der Waals surface area contributed by atoms with Gasteiger partial charge in [0.25, 0.3) is 10.0 Å². The van der Waals surface area contributed by atoms with E-state index in [2.05, 4.69) is 4.40 Å². The second kappa shape index (κ2) is 8.92. The molecule has 0 saturated carbocycles. The van der Waals surface area contributed by atoms with Crippen molar-refractivity contribution in [1.29, 1.82) is 0 Å². The summed E-state index contributed by atoms with van der Waals surface area (Å²) in [5, 5.41) is 0. The van der Waals surface area contributed by atoms with Crippen molar-refractivity contribution in [2.24, 2.45) is 4.40 Å². The van der Waals surface area contributed by atoms with E-state index in [1.165, 1.54) is 11.8 Å². The van der Waals surface area contributed by atoms with E-state index in [0.29, 0.717) is 23.7 Å². The first-order valence-corrected chi connectivity index (χ1v) is 10.5. The second-order valence-corrected chi connectivity index (χ2v) is 8.34. The minimum Gasteiger partial charge on any atom is -0.493 e. The predicted octanol–water partition coefficient (Wildman–Crippen LogP) is 4.70. The maximum Gasteiger partial charge on any atom is 0.282 e. The van der Waals surface area contributed by atoms with Crippen LogP contribution in [-0.2, 0) is 16.6 Å². The summed E-state index contributed by atoms with van der Waals surface area (Å²) < 4.78 is 39.9. The lowest BCUT2D eigenvalue weighted by Gasteiger charge is -2.11. The molecule has 150 valence electrons. The van der Waals surface area contributed by atoms with Crippen LogP contribution >= 0.6 is 0 Å². The number of rotatable bonds is 7. The lowest BCUT2D eigenvalue weighted by molar-refractivity contribution is 0.284. The van der Waals surface area contributed by atoms with Gasteiger partial charge in [-0.05, 0) is 55.3 Å². The van der Waals surface area contributed by atoms with Crippen LogP contribution in [0, 0.1) is 13.8 Å². The minimum atomic E-state index is -3.77. The summed E-state index contributed by atoms with van der Waals surface area (Å²) in [6.07, 6.45) is 1.31. The van der Waals surface area contributed by atoms with Crippen LogP contribution in [0.25, 0.3) is 0 Å². The van der Waals surface area contributed by atoms with Gasteiger partial charge in [-0.1, -0.05) is 47.5 Å². The molecule has 29 heavy (non-hydrogen) atoms. The molecule has 0 heterocycles. The summed E-state index contributed by atoms with van der Waals surface area (Å²) in [4.78, 5) is 0.156. The van der Waals surface area contributed by atoms with E-state index in [1.54, 1.807) is 49.6 Å². The smallest absolute Gasteiger partial charge is 0.282 e. The van der Waals surface area contributed by atoms with Gasteiger partial charge >= 0.3 is 0 Å². The first-order chi connectivity index (χ1) is 13.9. The Balaban J connectivity index is 1.79. The third-order valence-corrected chi connectivity index (χ3v) is 5.61. The van der Waals surface area contributed by atoms with Gasteiger partial charge in [0.2, 0.25) is 0 Å². The Kier molecular flexibility index (Phi) is 6.34. The largest absolute Gasteiger partial charge is 0.493 e. The molecule has 0 bridgehead atoms. The van der Waals surface area contributed by atoms with Crippen molar-refractivity contribution >= 4 is 16.2 Å². The van der Waals surface area contributed by atoms with Gasteiger partial charge in [-0.3, -0.25) is 0 Å². The maximum atomic E-state index is 12.4. The van der Waals surface area contributed by atoms with Crippen LogP contribution < -0.4 is 9.47 Å². The Hall–Kier alpha value is -3.12. The molecule has 0 aliphatic rings. The van der Waals surface area contributed by atoms with Gasteiger partial charge < -0.3 is 9.47 Å². The third-order valence-electron chi connectivity index (χ3n) is 4.36. The molecule has 0 saturated heterocycles. The highest BCUT2D eigenvalue weighted by Gasteiger charge is 2.12. The molecule has 0 spiro atoms. The molecular weight excluding hydrogens is 386 g/mol. The van der Waals surface area contributed by atoms with Crippen LogP contribution in [0.4, 0.5) is 0 Å². The van der Waals surface area contributed by atoms with Gasteiger partial charge in [-0.15, -0.1) is 0 Å². The van der Waals surface area contributed by atoms with Crippen LogP contribution in [-0.4, -0.2) is 21.7 Å². The topological polar surface area (TPSA) is 65.0 Å². The summed E-state index contributed by atoms with van der Waals surface area (Å²) >= 11 is 0. The summed E-state index contributed by atoms with van der Waals surface area (Å²) in [6, 6.07) is 19.8. The van der Waals surface area contributed by atoms with E-state index in [4.69, 9.17) is 9.47 Å². The van der Waals surface area contributed by atoms with E-state index in [0.717, 1.165) is 11.1 Å². The summed E-state index contributed by atoms with van der Waals surface area (Å²) in [5.41, 5.74) is 3.79. The lowest BCUT2D eigenvalue weighted by Crippen LogP contribution is -2.00. The lowest BCUT2D eigenvalue weighted by atomic mass is 10.1. The van der Waals surface area contributed by atoms with E-state index in [1.807, 2.05) is 38.1 Å². The van der Waals surface area contributed by atoms with Crippen molar-refractivity contribution in [2.75, 3.05) is 7.11 Å². The van der Waals surface area contributed by atoms with Crippen molar-refractivity contribution in [3.8, 4) is 11.5 Å². The number of benzene rings is 3. The quantitative estimate of drug-likeness (QED) is 0.531. The predicted molar refractivity (Wildman–Crippen MR) is 114 cm³/mol. The molecule has 0 aliphatic carbocycles. The number of sulfonamides is 1. The minimum absolute atomic E-state index is 0.156. The molecule has 0 N–H and O–H groups in total. The molecule has 0 fully saturated rings. The van der Waals surface area contributed by atoms with E-state index < -0.39 is 10.0 Å². The number of methoxy groups -OCH3 is 1. The molecule has 3 aromatic rings. The Morgan fingerprint density at radius 2 is 1.48 bits per heavy atom. The first kappa shape index (κ1) is 20.6. The Bertz CT molecular complexity index is 1100. The van der Waals surface area contributed by atoms with Gasteiger partial charge in [0.1, 0.15) is 6.61 Å². The standard InChI is InChI=1S/C23H23NO4S/c1-17-4-8-19(9-5-17)16-28-23-14-20(10-13-22(23)27-3)15-24-29(25,26)21-11-6-18(2)7-12-21/h4-15H,16H2,1-3H3/b24-15-. The van der Waals surface area contributed by atoms with Crippen LogP contribution in [0.2, 0.25) is 0 Å². The third kappa shape index (κ3) is 5.45. The fourth-order valence-corrected chi connectivity index (χ4v) is 3.50. The molecule has 0 radical (unpaired) electrons. The molecule has 6 heteroatoms. The fourth-order valence-electron chi connectivity index (χ4n) is 2.63. The van der Waals surface area contributed by atoms with Crippen LogP contribution in [0.3, 0.4) is 0 Å². The van der Waals surface area contributed by atoms with Crippen LogP contribution in [0.15, 0.2) is 76.0 Å². The van der Waals surface area contributed by atoms with E-state index in [9.17, 15) is 8.42 Å². The van der Waals surface area contributed by atoms with Crippen LogP contribution in [0.1, 0.15) is 22.3 Å². The van der Waals surface area contributed by atoms with Gasteiger partial charge in [0, 0.05) is 6.21 Å². The average Bonchev–Trinajstić information content (AvgIpc) is 2.72. The molecule has 3 rings (SSSR count). The Labute approximate surface area is 171 Å². The van der Waals surface area contributed by atoms with Crippen molar-refractivity contribution in [3.63, 3.8) is 0 Å². The molecule has 0 aromatic heterocycles. The average molecular weight is 410 g/mol. The van der Waals surface area contributed by atoms with Gasteiger partial charge in [0.05, 0.1) is 12.0 Å². The molecule has 3 aromatic carbocycles. The van der Waals surface area contributed by atoms with Crippen molar-refractivity contribution in [2.45, 2.75) is 25.3 Å². The highest BCUT2D eigenvalue weighted by molar-refractivity contribution is 7.90. The fraction of sp³-hybridized carbons (Fsp3) is 0.174. The van der Waals surface area contributed by atoms with Gasteiger partial charge in [-0.2, -0.15) is 12.8 Å². The number of hydrogen-bond acceptors (Lipinski definition) is 4. The van der Waals surface area contributed by atoms with E-state index in [-0.39, 0.29) is 4.90 Å². The molecule has 0 aliphatic heterocycles. The van der Waals surface area contributed by atoms with E-state index >= 15 is 0 Å². The molecule has 5 nitrogen and oxygen atoms in total. The molecular formula is C23H23NO4S. The Morgan fingerprint density at radius 3 is 2.10 bits per heavy atom. The zero-order valence-corrected chi connectivity index (χ0v) is 17.4. The SMILES string of the molecule is COc1ccc(/C=N\S(=O)(=O)c2ccc(C)cc2)cc1OCc1ccc(C)cc1. The first-order valence-electron chi connectivity index (χ1n) is 9.11. The van der Waals surface area contributed by atoms with Crippen molar-refractivity contribution in [1.82, 2.24) is 0 Å². The normalized spacial score (nSPS) is 11.6. The molecule has 0 unspecified atom stereocenters. The van der Waals surface area contributed by atoms with Gasteiger partial charge in [0.15, 0.2) is 11.5 Å². The number of nitrogens with zero attached hydrogens (tertiary/aromatic N) is 1. The molecule has 0 amide bonds. The van der Waals surface area contributed by atoms with Crippen molar-refractivity contribution in [3.05, 3.63) is 89.0 Å². The monoisotopic (exact) mass is 409 g/mol. The van der Waals surface area contributed by atoms with Crippen LogP contribution in [0.5, 0.6) is 11.5 Å². The zero-order chi connectivity index (χ0) is 20.9. The zero-order valence-electron chi connectivity index (χ0n) is 16.6.